The predicted molar refractivity (Wildman–Crippen MR) is 119 cm³/mol. The summed E-state index contributed by atoms with van der Waals surface area (Å²) in [5.41, 5.74) is 8.10. The fourth-order valence-corrected chi connectivity index (χ4v) is 5.02. The number of nitrogens with two attached hydrogens (primary N) is 1. The van der Waals surface area contributed by atoms with Gasteiger partial charge in [-0.2, -0.15) is 0 Å². The Balaban J connectivity index is 1.42. The number of thiophene rings is 1. The molecule has 2 heterocycles. The molecule has 162 valence electrons. The summed E-state index contributed by atoms with van der Waals surface area (Å²) in [5, 5.41) is 7.50. The molecule has 0 fully saturated rings. The average Bonchev–Trinajstić information content (AvgIpc) is 3.27. The van der Waals surface area contributed by atoms with Crippen molar-refractivity contribution in [2.75, 3.05) is 5.32 Å². The second-order valence-electron chi connectivity index (χ2n) is 7.35. The van der Waals surface area contributed by atoms with Crippen molar-refractivity contribution in [1.82, 2.24) is 9.78 Å². The molecule has 0 bridgehead atoms. The van der Waals surface area contributed by atoms with Gasteiger partial charge in [0.05, 0.1) is 5.56 Å². The molecule has 0 atom stereocenters. The van der Waals surface area contributed by atoms with E-state index in [0.29, 0.717) is 16.3 Å². The Kier molecular flexibility index (Phi) is 6.19. The van der Waals surface area contributed by atoms with Crippen molar-refractivity contribution < 1.29 is 18.7 Å². The number of aromatic nitrogens is 2. The van der Waals surface area contributed by atoms with Crippen LogP contribution < -0.4 is 15.8 Å². The first-order valence-corrected chi connectivity index (χ1v) is 11.1. The maximum Gasteiger partial charge on any atom is 0.287 e. The maximum atomic E-state index is 12.6. The highest BCUT2D eigenvalue weighted by molar-refractivity contribution is 7.71. The second kappa shape index (κ2) is 9.03. The Morgan fingerprint density at radius 1 is 1.29 bits per heavy atom. The van der Waals surface area contributed by atoms with Gasteiger partial charge in [0.2, 0.25) is 5.91 Å². The van der Waals surface area contributed by atoms with Crippen LogP contribution >= 0.6 is 23.6 Å². The number of amides is 2. The molecule has 2 amide bonds. The lowest BCUT2D eigenvalue weighted by Gasteiger charge is -2.11. The second-order valence-corrected chi connectivity index (χ2v) is 8.80. The quantitative estimate of drug-likeness (QED) is 0.521. The standard InChI is InChI=1S/C21H22N4O4S2/c1-12-6-8-13(9-7-12)28-11-17-24-25(21(30)29-17)10-16(26)23-20-18(19(22)27)14-4-2-3-5-15(14)31-20/h6-9H,2-5,10-11H2,1H3,(H2,22,27)(H,23,26). The Bertz CT molecular complexity index is 1180. The average molecular weight is 459 g/mol. The molecule has 0 saturated carbocycles. The van der Waals surface area contributed by atoms with E-state index in [1.54, 1.807) is 0 Å². The number of hydrogen-bond donors (Lipinski definition) is 2. The fraction of sp³-hybridized carbons (Fsp3) is 0.333. The van der Waals surface area contributed by atoms with Gasteiger partial charge >= 0.3 is 0 Å². The Hall–Kier alpha value is -2.98. The van der Waals surface area contributed by atoms with Crippen LogP contribution in [0.1, 0.15) is 45.1 Å². The van der Waals surface area contributed by atoms with Gasteiger partial charge in [-0.15, -0.1) is 16.4 Å². The van der Waals surface area contributed by atoms with E-state index in [1.807, 2.05) is 31.2 Å². The third-order valence-electron chi connectivity index (χ3n) is 5.00. The van der Waals surface area contributed by atoms with E-state index < -0.39 is 5.91 Å². The Morgan fingerprint density at radius 3 is 2.77 bits per heavy atom. The van der Waals surface area contributed by atoms with Gasteiger partial charge in [0.1, 0.15) is 17.3 Å². The highest BCUT2D eigenvalue weighted by atomic mass is 32.1. The van der Waals surface area contributed by atoms with Gasteiger partial charge in [-0.1, -0.05) is 17.7 Å². The van der Waals surface area contributed by atoms with Crippen LogP contribution in [0.25, 0.3) is 0 Å². The number of anilines is 1. The molecule has 0 spiro atoms. The maximum absolute atomic E-state index is 12.6. The first-order valence-electron chi connectivity index (χ1n) is 9.91. The number of nitrogens with one attached hydrogen (secondary N) is 1. The van der Waals surface area contributed by atoms with Crippen molar-refractivity contribution in [1.29, 1.82) is 0 Å². The Labute approximate surface area is 188 Å². The third-order valence-corrected chi connectivity index (χ3v) is 6.50. The van der Waals surface area contributed by atoms with Crippen molar-refractivity contribution in [3.05, 3.63) is 56.6 Å². The van der Waals surface area contributed by atoms with Crippen LogP contribution in [0.5, 0.6) is 5.75 Å². The molecule has 1 aromatic carbocycles. The summed E-state index contributed by atoms with van der Waals surface area (Å²) in [7, 11) is 0. The first kappa shape index (κ1) is 21.3. The lowest BCUT2D eigenvalue weighted by molar-refractivity contribution is -0.116. The molecular formula is C21H22N4O4S2. The molecule has 10 heteroatoms. The number of primary amides is 1. The Morgan fingerprint density at radius 2 is 2.03 bits per heavy atom. The third kappa shape index (κ3) is 4.86. The minimum atomic E-state index is -0.525. The van der Waals surface area contributed by atoms with E-state index in [4.69, 9.17) is 27.1 Å². The van der Waals surface area contributed by atoms with E-state index in [0.717, 1.165) is 41.7 Å². The predicted octanol–water partition coefficient (Wildman–Crippen LogP) is 3.77. The van der Waals surface area contributed by atoms with Gasteiger partial charge < -0.3 is 20.2 Å². The van der Waals surface area contributed by atoms with Crippen molar-refractivity contribution >= 4 is 40.4 Å². The summed E-state index contributed by atoms with van der Waals surface area (Å²) >= 11 is 6.58. The smallest absolute Gasteiger partial charge is 0.287 e. The van der Waals surface area contributed by atoms with Gasteiger partial charge in [0.15, 0.2) is 6.61 Å². The molecule has 3 aromatic rings. The molecule has 1 aliphatic carbocycles. The van der Waals surface area contributed by atoms with Crippen LogP contribution in [0.4, 0.5) is 5.00 Å². The molecule has 31 heavy (non-hydrogen) atoms. The number of nitrogens with zero attached hydrogens (tertiary/aromatic N) is 2. The molecule has 0 saturated heterocycles. The van der Waals surface area contributed by atoms with E-state index in [2.05, 4.69) is 10.4 Å². The van der Waals surface area contributed by atoms with Gasteiger partial charge in [-0.25, -0.2) is 4.68 Å². The van der Waals surface area contributed by atoms with Crippen LogP contribution in [-0.2, 0) is 30.8 Å². The van der Waals surface area contributed by atoms with Crippen molar-refractivity contribution in [2.24, 2.45) is 5.73 Å². The van der Waals surface area contributed by atoms with E-state index >= 15 is 0 Å². The van der Waals surface area contributed by atoms with Gasteiger partial charge in [0.25, 0.3) is 16.6 Å². The number of rotatable bonds is 7. The van der Waals surface area contributed by atoms with Gasteiger partial charge in [-0.3, -0.25) is 9.59 Å². The summed E-state index contributed by atoms with van der Waals surface area (Å²) in [6.45, 7) is 1.94. The summed E-state index contributed by atoms with van der Waals surface area (Å²) in [6, 6.07) is 7.59. The topological polar surface area (TPSA) is 112 Å². The fourth-order valence-electron chi connectivity index (χ4n) is 3.50. The number of carbonyl (C=O) groups is 2. The first-order chi connectivity index (χ1) is 14.9. The zero-order valence-electron chi connectivity index (χ0n) is 17.0. The molecule has 8 nitrogen and oxygen atoms in total. The molecule has 0 aliphatic heterocycles. The number of hydrogen-bond acceptors (Lipinski definition) is 7. The van der Waals surface area contributed by atoms with Gasteiger partial charge in [-0.05, 0) is 62.5 Å². The minimum Gasteiger partial charge on any atom is -0.484 e. The number of benzene rings is 1. The van der Waals surface area contributed by atoms with Crippen molar-refractivity contribution in [3.8, 4) is 5.75 Å². The highest BCUT2D eigenvalue weighted by Crippen LogP contribution is 2.37. The molecule has 0 radical (unpaired) electrons. The number of ether oxygens (including phenoxy) is 1. The summed E-state index contributed by atoms with van der Waals surface area (Å²) in [4.78, 5) is 25.8. The zero-order chi connectivity index (χ0) is 22.0. The molecule has 0 unspecified atom stereocenters. The molecule has 4 rings (SSSR count). The molecule has 3 N–H and O–H groups in total. The van der Waals surface area contributed by atoms with E-state index in [9.17, 15) is 9.59 Å². The van der Waals surface area contributed by atoms with Crippen molar-refractivity contribution in [3.63, 3.8) is 0 Å². The lowest BCUT2D eigenvalue weighted by Crippen LogP contribution is -2.22. The monoisotopic (exact) mass is 458 g/mol. The van der Waals surface area contributed by atoms with Crippen LogP contribution in [0.3, 0.4) is 0 Å². The SMILES string of the molecule is Cc1ccc(OCc2nn(CC(=O)Nc3sc4c(c3C(N)=O)CCCC4)c(=S)o2)cc1. The van der Waals surface area contributed by atoms with Gasteiger partial charge in [0, 0.05) is 4.88 Å². The van der Waals surface area contributed by atoms with Crippen molar-refractivity contribution in [2.45, 2.75) is 45.8 Å². The molecule has 1 aliphatic rings. The number of carbonyl (C=O) groups excluding carboxylic acids is 2. The number of fused-ring (bicyclic) bond motifs is 1. The highest BCUT2D eigenvalue weighted by Gasteiger charge is 2.25. The molecule has 2 aromatic heterocycles. The van der Waals surface area contributed by atoms with Crippen LogP contribution in [0, 0.1) is 11.8 Å². The van der Waals surface area contributed by atoms with Crippen LogP contribution in [0.15, 0.2) is 28.7 Å². The largest absolute Gasteiger partial charge is 0.484 e. The summed E-state index contributed by atoms with van der Waals surface area (Å²) in [6.07, 6.45) is 3.78. The summed E-state index contributed by atoms with van der Waals surface area (Å²) < 4.78 is 12.4. The number of aryl methyl sites for hydroxylation is 2. The lowest BCUT2D eigenvalue weighted by atomic mass is 9.95. The normalized spacial score (nSPS) is 12.9. The molecular weight excluding hydrogens is 436 g/mol. The van der Waals surface area contributed by atoms with E-state index in [-0.39, 0.29) is 29.8 Å². The zero-order valence-corrected chi connectivity index (χ0v) is 18.6. The van der Waals surface area contributed by atoms with Crippen LogP contribution in [-0.4, -0.2) is 21.6 Å². The van der Waals surface area contributed by atoms with Crippen LogP contribution in [0.2, 0.25) is 0 Å². The minimum absolute atomic E-state index is 0.0678. The van der Waals surface area contributed by atoms with E-state index in [1.165, 1.54) is 16.0 Å². The summed E-state index contributed by atoms with van der Waals surface area (Å²) in [5.74, 6) is 0.0576.